The maximum atomic E-state index is 13.3. The molecular formula is C22H29ClN4O4. The Hall–Kier alpha value is -2.58. The standard InChI is InChI=1S/C22H29ClN4O4/c1-4-6-11-26-20(28)18-19(25(3)22(26)29)24-21(31-14-13-30-12-5-2)27(18)15-16-7-9-17(23)10-8-16/h7-10H,4-6,11-15H2,1-3H3. The van der Waals surface area contributed by atoms with Crippen molar-refractivity contribution in [3.63, 3.8) is 0 Å². The van der Waals surface area contributed by atoms with Crippen LogP contribution >= 0.6 is 11.6 Å². The summed E-state index contributed by atoms with van der Waals surface area (Å²) < 4.78 is 15.8. The summed E-state index contributed by atoms with van der Waals surface area (Å²) in [4.78, 5) is 30.5. The lowest BCUT2D eigenvalue weighted by Gasteiger charge is -2.11. The number of imidazole rings is 1. The summed E-state index contributed by atoms with van der Waals surface area (Å²) in [5.41, 5.74) is 0.855. The van der Waals surface area contributed by atoms with Gasteiger partial charge in [-0.2, -0.15) is 4.98 Å². The smallest absolute Gasteiger partial charge is 0.332 e. The molecule has 9 heteroatoms. The molecule has 0 radical (unpaired) electrons. The molecule has 0 aliphatic rings. The molecule has 0 amide bonds. The number of hydrogen-bond donors (Lipinski definition) is 0. The highest BCUT2D eigenvalue weighted by Gasteiger charge is 2.21. The minimum atomic E-state index is -0.375. The molecule has 3 rings (SSSR count). The normalized spacial score (nSPS) is 11.4. The molecule has 0 aliphatic heterocycles. The van der Waals surface area contributed by atoms with Crippen LogP contribution in [0.2, 0.25) is 5.02 Å². The number of fused-ring (bicyclic) bond motifs is 1. The third-order valence-corrected chi connectivity index (χ3v) is 5.25. The average Bonchev–Trinajstić information content (AvgIpc) is 3.12. The van der Waals surface area contributed by atoms with E-state index < -0.39 is 0 Å². The molecule has 0 bridgehead atoms. The van der Waals surface area contributed by atoms with Crippen molar-refractivity contribution < 1.29 is 9.47 Å². The lowest BCUT2D eigenvalue weighted by Crippen LogP contribution is -2.39. The maximum absolute atomic E-state index is 13.3. The molecular weight excluding hydrogens is 420 g/mol. The molecule has 1 aromatic carbocycles. The first-order chi connectivity index (χ1) is 15.0. The Kier molecular flexibility index (Phi) is 7.92. The summed E-state index contributed by atoms with van der Waals surface area (Å²) in [7, 11) is 1.63. The van der Waals surface area contributed by atoms with E-state index in [-0.39, 0.29) is 17.3 Å². The number of benzene rings is 1. The van der Waals surface area contributed by atoms with Crippen LogP contribution < -0.4 is 16.0 Å². The fourth-order valence-corrected chi connectivity index (χ4v) is 3.46. The second-order valence-electron chi connectivity index (χ2n) is 7.39. The Labute approximate surface area is 186 Å². The monoisotopic (exact) mass is 448 g/mol. The predicted molar refractivity (Wildman–Crippen MR) is 121 cm³/mol. The topological polar surface area (TPSA) is 80.3 Å². The number of hydrogen-bond acceptors (Lipinski definition) is 5. The van der Waals surface area contributed by atoms with Crippen molar-refractivity contribution in [2.45, 2.75) is 46.2 Å². The number of aromatic nitrogens is 4. The average molecular weight is 449 g/mol. The zero-order chi connectivity index (χ0) is 22.4. The van der Waals surface area contributed by atoms with Crippen molar-refractivity contribution in [2.24, 2.45) is 7.05 Å². The largest absolute Gasteiger partial charge is 0.462 e. The highest BCUT2D eigenvalue weighted by molar-refractivity contribution is 6.30. The zero-order valence-electron chi connectivity index (χ0n) is 18.3. The number of rotatable bonds is 11. The maximum Gasteiger partial charge on any atom is 0.332 e. The van der Waals surface area contributed by atoms with Crippen LogP contribution in [-0.2, 0) is 24.9 Å². The Bertz CT molecular complexity index is 1130. The molecule has 0 N–H and O–H groups in total. The van der Waals surface area contributed by atoms with Crippen LogP contribution in [0.3, 0.4) is 0 Å². The van der Waals surface area contributed by atoms with Gasteiger partial charge in [0.1, 0.15) is 6.61 Å². The van der Waals surface area contributed by atoms with Gasteiger partial charge in [0.2, 0.25) is 0 Å². The van der Waals surface area contributed by atoms with Crippen LogP contribution in [0.5, 0.6) is 6.01 Å². The van der Waals surface area contributed by atoms with Gasteiger partial charge in [-0.3, -0.25) is 18.5 Å². The number of ether oxygens (including phenoxy) is 2. The fraction of sp³-hybridized carbons (Fsp3) is 0.500. The van der Waals surface area contributed by atoms with E-state index in [0.717, 1.165) is 24.8 Å². The highest BCUT2D eigenvalue weighted by Crippen LogP contribution is 2.21. The van der Waals surface area contributed by atoms with Gasteiger partial charge in [0.05, 0.1) is 13.2 Å². The molecule has 2 aromatic heterocycles. The third kappa shape index (κ3) is 5.19. The second kappa shape index (κ2) is 10.6. The van der Waals surface area contributed by atoms with Gasteiger partial charge in [-0.05, 0) is 30.5 Å². The van der Waals surface area contributed by atoms with Crippen LogP contribution in [-0.4, -0.2) is 38.5 Å². The summed E-state index contributed by atoms with van der Waals surface area (Å²) in [6, 6.07) is 7.65. The molecule has 0 unspecified atom stereocenters. The molecule has 2 heterocycles. The van der Waals surface area contributed by atoms with E-state index in [1.165, 1.54) is 9.13 Å². The van der Waals surface area contributed by atoms with Crippen molar-refractivity contribution in [2.75, 3.05) is 19.8 Å². The molecule has 3 aromatic rings. The molecule has 31 heavy (non-hydrogen) atoms. The van der Waals surface area contributed by atoms with Crippen molar-refractivity contribution in [3.05, 3.63) is 55.7 Å². The molecule has 168 valence electrons. The van der Waals surface area contributed by atoms with E-state index in [9.17, 15) is 9.59 Å². The first kappa shape index (κ1) is 23.1. The van der Waals surface area contributed by atoms with Crippen LogP contribution in [0.15, 0.2) is 33.9 Å². The van der Waals surface area contributed by atoms with Crippen LogP contribution in [0.1, 0.15) is 38.7 Å². The summed E-state index contributed by atoms with van der Waals surface area (Å²) >= 11 is 6.01. The van der Waals surface area contributed by atoms with Gasteiger partial charge in [-0.15, -0.1) is 0 Å². The summed E-state index contributed by atoms with van der Waals surface area (Å²) in [5, 5.41) is 0.633. The van der Waals surface area contributed by atoms with Crippen molar-refractivity contribution in [1.29, 1.82) is 0 Å². The van der Waals surface area contributed by atoms with Gasteiger partial charge in [-0.25, -0.2) is 4.79 Å². The Morgan fingerprint density at radius 2 is 1.74 bits per heavy atom. The molecule has 0 saturated carbocycles. The van der Waals surface area contributed by atoms with Crippen LogP contribution in [0.4, 0.5) is 0 Å². The van der Waals surface area contributed by atoms with E-state index in [0.29, 0.717) is 49.1 Å². The molecule has 0 spiro atoms. The Balaban J connectivity index is 2.08. The molecule has 0 fully saturated rings. The summed E-state index contributed by atoms with van der Waals surface area (Å²) in [6.45, 7) is 6.15. The van der Waals surface area contributed by atoms with Gasteiger partial charge in [-0.1, -0.05) is 44.0 Å². The Morgan fingerprint density at radius 3 is 2.42 bits per heavy atom. The minimum absolute atomic E-state index is 0.283. The second-order valence-corrected chi connectivity index (χ2v) is 7.83. The van der Waals surface area contributed by atoms with E-state index in [1.807, 2.05) is 26.0 Å². The molecule has 0 saturated heterocycles. The lowest BCUT2D eigenvalue weighted by molar-refractivity contribution is 0.0960. The minimum Gasteiger partial charge on any atom is -0.462 e. The van der Waals surface area contributed by atoms with Crippen molar-refractivity contribution in [1.82, 2.24) is 18.7 Å². The van der Waals surface area contributed by atoms with E-state index in [4.69, 9.17) is 21.1 Å². The van der Waals surface area contributed by atoms with E-state index in [2.05, 4.69) is 4.98 Å². The SMILES string of the molecule is CCCCn1c(=O)c2c(nc(OCCOCCC)n2Cc2ccc(Cl)cc2)n(C)c1=O. The van der Waals surface area contributed by atoms with Crippen molar-refractivity contribution in [3.8, 4) is 6.01 Å². The Morgan fingerprint density at radius 1 is 1.00 bits per heavy atom. The first-order valence-corrected chi connectivity index (χ1v) is 11.0. The van der Waals surface area contributed by atoms with Gasteiger partial charge >= 0.3 is 5.69 Å². The van der Waals surface area contributed by atoms with Gasteiger partial charge < -0.3 is 9.47 Å². The zero-order valence-corrected chi connectivity index (χ0v) is 19.0. The fourth-order valence-electron chi connectivity index (χ4n) is 3.33. The molecule has 0 aliphatic carbocycles. The predicted octanol–water partition coefficient (Wildman–Crippen LogP) is 3.20. The highest BCUT2D eigenvalue weighted by atomic mass is 35.5. The third-order valence-electron chi connectivity index (χ3n) is 4.99. The lowest BCUT2D eigenvalue weighted by atomic mass is 10.2. The van der Waals surface area contributed by atoms with Gasteiger partial charge in [0.25, 0.3) is 11.6 Å². The van der Waals surface area contributed by atoms with Crippen molar-refractivity contribution >= 4 is 22.8 Å². The summed E-state index contributed by atoms with van der Waals surface area (Å²) in [5.74, 6) is 0. The number of aryl methyl sites for hydroxylation is 1. The number of nitrogens with zero attached hydrogens (tertiary/aromatic N) is 4. The van der Waals surface area contributed by atoms with E-state index >= 15 is 0 Å². The quantitative estimate of drug-likeness (QED) is 0.421. The van der Waals surface area contributed by atoms with Gasteiger partial charge in [0.15, 0.2) is 11.2 Å². The number of unbranched alkanes of at least 4 members (excludes halogenated alkanes) is 1. The molecule has 0 atom stereocenters. The molecule has 8 nitrogen and oxygen atoms in total. The first-order valence-electron chi connectivity index (χ1n) is 10.6. The van der Waals surface area contributed by atoms with Crippen LogP contribution in [0, 0.1) is 0 Å². The number of halogens is 1. The summed E-state index contributed by atoms with van der Waals surface area (Å²) in [6.07, 6.45) is 2.54. The van der Waals surface area contributed by atoms with Crippen LogP contribution in [0.25, 0.3) is 11.2 Å². The van der Waals surface area contributed by atoms with Gasteiger partial charge in [0, 0.05) is 25.2 Å². The van der Waals surface area contributed by atoms with E-state index in [1.54, 1.807) is 23.7 Å².